The maximum atomic E-state index is 12.6. The van der Waals surface area contributed by atoms with E-state index in [-0.39, 0.29) is 5.91 Å². The van der Waals surface area contributed by atoms with E-state index >= 15 is 0 Å². The summed E-state index contributed by atoms with van der Waals surface area (Å²) in [6, 6.07) is 18.6. The molecular weight excluding hydrogens is 336 g/mol. The molecule has 1 atom stereocenters. The van der Waals surface area contributed by atoms with Crippen LogP contribution in [0.5, 0.6) is 5.75 Å². The van der Waals surface area contributed by atoms with Crippen LogP contribution in [0.15, 0.2) is 60.7 Å². The number of nitrogens with zero attached hydrogens (tertiary/aromatic N) is 2. The van der Waals surface area contributed by atoms with Crippen LogP contribution in [0.4, 0.5) is 0 Å². The van der Waals surface area contributed by atoms with Crippen LogP contribution in [-0.4, -0.2) is 49.0 Å². The van der Waals surface area contributed by atoms with Crippen LogP contribution in [0.3, 0.4) is 0 Å². The number of likely N-dealkylation sites (tertiary alicyclic amines) is 1. The van der Waals surface area contributed by atoms with Gasteiger partial charge in [-0.05, 0) is 49.2 Å². The first-order valence-electron chi connectivity index (χ1n) is 9.51. The summed E-state index contributed by atoms with van der Waals surface area (Å²) in [7, 11) is 3.80. The van der Waals surface area contributed by atoms with Gasteiger partial charge in [0.05, 0.1) is 7.11 Å². The van der Waals surface area contributed by atoms with E-state index in [9.17, 15) is 4.79 Å². The Labute approximate surface area is 162 Å². The van der Waals surface area contributed by atoms with E-state index in [0.717, 1.165) is 43.8 Å². The maximum absolute atomic E-state index is 12.6. The topological polar surface area (TPSA) is 32.8 Å². The predicted octanol–water partition coefficient (Wildman–Crippen LogP) is 3.83. The molecule has 2 aromatic rings. The van der Waals surface area contributed by atoms with E-state index in [1.165, 1.54) is 5.56 Å². The van der Waals surface area contributed by atoms with Gasteiger partial charge < -0.3 is 9.64 Å². The van der Waals surface area contributed by atoms with Crippen LogP contribution >= 0.6 is 0 Å². The molecule has 2 aromatic carbocycles. The summed E-state index contributed by atoms with van der Waals surface area (Å²) >= 11 is 0. The third-order valence-corrected chi connectivity index (χ3v) is 5.14. The molecule has 0 aliphatic carbocycles. The number of ether oxygens (including phenoxy) is 1. The van der Waals surface area contributed by atoms with E-state index in [4.69, 9.17) is 4.74 Å². The van der Waals surface area contributed by atoms with Crippen molar-refractivity contribution in [2.45, 2.75) is 25.4 Å². The van der Waals surface area contributed by atoms with Crippen molar-refractivity contribution in [3.05, 3.63) is 71.8 Å². The summed E-state index contributed by atoms with van der Waals surface area (Å²) in [4.78, 5) is 16.9. The summed E-state index contributed by atoms with van der Waals surface area (Å²) in [5, 5.41) is 0. The molecule has 142 valence electrons. The lowest BCUT2D eigenvalue weighted by Gasteiger charge is -2.37. The molecule has 1 fully saturated rings. The van der Waals surface area contributed by atoms with Crippen LogP contribution < -0.4 is 4.74 Å². The highest BCUT2D eigenvalue weighted by Crippen LogP contribution is 2.18. The average Bonchev–Trinajstić information content (AvgIpc) is 2.73. The Balaban J connectivity index is 1.56. The molecule has 0 unspecified atom stereocenters. The third-order valence-electron chi connectivity index (χ3n) is 5.14. The van der Waals surface area contributed by atoms with Crippen molar-refractivity contribution in [2.24, 2.45) is 0 Å². The zero-order chi connectivity index (χ0) is 19.1. The lowest BCUT2D eigenvalue weighted by Crippen LogP contribution is -2.47. The molecule has 0 aromatic heterocycles. The summed E-state index contributed by atoms with van der Waals surface area (Å²) < 4.78 is 5.16. The second-order valence-electron chi connectivity index (χ2n) is 7.09. The van der Waals surface area contributed by atoms with Gasteiger partial charge in [0.2, 0.25) is 5.91 Å². The van der Waals surface area contributed by atoms with Gasteiger partial charge in [-0.3, -0.25) is 9.69 Å². The summed E-state index contributed by atoms with van der Waals surface area (Å²) in [6.45, 7) is 2.53. The minimum absolute atomic E-state index is 0.0867. The van der Waals surface area contributed by atoms with E-state index in [1.807, 2.05) is 41.3 Å². The average molecular weight is 364 g/mol. The molecule has 4 heteroatoms. The Kier molecular flexibility index (Phi) is 6.66. The number of rotatable bonds is 6. The summed E-state index contributed by atoms with van der Waals surface area (Å²) in [5.74, 6) is 0.905. The molecular formula is C23H28N2O2. The molecule has 0 radical (unpaired) electrons. The number of hydrogen-bond donors (Lipinski definition) is 0. The fourth-order valence-electron chi connectivity index (χ4n) is 3.50. The third kappa shape index (κ3) is 5.44. The molecule has 0 bridgehead atoms. The van der Waals surface area contributed by atoms with Crippen LogP contribution in [0.25, 0.3) is 6.08 Å². The lowest BCUT2D eigenvalue weighted by atomic mass is 10.0. The van der Waals surface area contributed by atoms with Gasteiger partial charge in [-0.25, -0.2) is 0 Å². The summed E-state index contributed by atoms with van der Waals surface area (Å²) in [5.41, 5.74) is 2.31. The zero-order valence-electron chi connectivity index (χ0n) is 16.2. The highest BCUT2D eigenvalue weighted by Gasteiger charge is 2.25. The van der Waals surface area contributed by atoms with Gasteiger partial charge in [0.25, 0.3) is 0 Å². The van der Waals surface area contributed by atoms with Gasteiger partial charge in [0.15, 0.2) is 0 Å². The minimum Gasteiger partial charge on any atom is -0.497 e. The highest BCUT2D eigenvalue weighted by atomic mass is 16.5. The van der Waals surface area contributed by atoms with Gasteiger partial charge in [-0.15, -0.1) is 0 Å². The number of likely N-dealkylation sites (N-methyl/N-ethyl adjacent to an activating group) is 1. The standard InChI is InChI=1S/C23H28N2O2/c1-24(17-20-7-4-3-5-8-20)21-9-6-16-25(18-21)23(26)15-12-19-10-13-22(27-2)14-11-19/h3-5,7-8,10-15,21H,6,9,16-18H2,1-2H3/b15-12+/t21-/m0/s1. The van der Waals surface area contributed by atoms with Crippen molar-refractivity contribution >= 4 is 12.0 Å². The van der Waals surface area contributed by atoms with Crippen molar-refractivity contribution in [2.75, 3.05) is 27.2 Å². The molecule has 0 spiro atoms. The van der Waals surface area contributed by atoms with Gasteiger partial charge in [-0.2, -0.15) is 0 Å². The number of methoxy groups -OCH3 is 1. The molecule has 1 heterocycles. The Morgan fingerprint density at radius 1 is 1.19 bits per heavy atom. The van der Waals surface area contributed by atoms with E-state index in [0.29, 0.717) is 6.04 Å². The molecule has 1 saturated heterocycles. The van der Waals surface area contributed by atoms with Crippen molar-refractivity contribution in [3.8, 4) is 5.75 Å². The van der Waals surface area contributed by atoms with Crippen molar-refractivity contribution in [1.82, 2.24) is 9.80 Å². The number of amides is 1. The van der Waals surface area contributed by atoms with Crippen LogP contribution in [-0.2, 0) is 11.3 Å². The van der Waals surface area contributed by atoms with Crippen molar-refractivity contribution in [3.63, 3.8) is 0 Å². The SMILES string of the molecule is COc1ccc(/C=C/C(=O)N2CCC[C@H](N(C)Cc3ccccc3)C2)cc1. The smallest absolute Gasteiger partial charge is 0.246 e. The van der Waals surface area contributed by atoms with Crippen LogP contribution in [0.1, 0.15) is 24.0 Å². The lowest BCUT2D eigenvalue weighted by molar-refractivity contribution is -0.128. The summed E-state index contributed by atoms with van der Waals surface area (Å²) in [6.07, 6.45) is 5.74. The Bertz CT molecular complexity index is 756. The molecule has 1 aliphatic heterocycles. The molecule has 4 nitrogen and oxygen atoms in total. The second kappa shape index (κ2) is 9.38. The Morgan fingerprint density at radius 3 is 2.63 bits per heavy atom. The molecule has 3 rings (SSSR count). The fourth-order valence-corrected chi connectivity index (χ4v) is 3.50. The van der Waals surface area contributed by atoms with Crippen LogP contribution in [0.2, 0.25) is 0 Å². The number of benzene rings is 2. The first-order chi connectivity index (χ1) is 13.2. The number of piperidine rings is 1. The van der Waals surface area contributed by atoms with Crippen LogP contribution in [0, 0.1) is 0 Å². The largest absolute Gasteiger partial charge is 0.497 e. The zero-order valence-corrected chi connectivity index (χ0v) is 16.2. The normalized spacial score (nSPS) is 17.4. The Hall–Kier alpha value is -2.59. The predicted molar refractivity (Wildman–Crippen MR) is 110 cm³/mol. The second-order valence-corrected chi connectivity index (χ2v) is 7.09. The maximum Gasteiger partial charge on any atom is 0.246 e. The van der Waals surface area contributed by atoms with E-state index in [1.54, 1.807) is 13.2 Å². The fraction of sp³-hybridized carbons (Fsp3) is 0.348. The molecule has 1 aliphatic rings. The van der Waals surface area contributed by atoms with Crippen molar-refractivity contribution in [1.29, 1.82) is 0 Å². The number of carbonyl (C=O) groups excluding carboxylic acids is 1. The molecule has 0 saturated carbocycles. The molecule has 27 heavy (non-hydrogen) atoms. The monoisotopic (exact) mass is 364 g/mol. The van der Waals surface area contributed by atoms with E-state index < -0.39 is 0 Å². The first kappa shape index (κ1) is 19.2. The first-order valence-corrected chi connectivity index (χ1v) is 9.51. The molecule has 1 amide bonds. The van der Waals surface area contributed by atoms with Gasteiger partial charge in [-0.1, -0.05) is 42.5 Å². The Morgan fingerprint density at radius 2 is 1.93 bits per heavy atom. The number of hydrogen-bond acceptors (Lipinski definition) is 3. The quantitative estimate of drug-likeness (QED) is 0.730. The van der Waals surface area contributed by atoms with Gasteiger partial charge >= 0.3 is 0 Å². The van der Waals surface area contributed by atoms with Gasteiger partial charge in [0, 0.05) is 31.8 Å². The highest BCUT2D eigenvalue weighted by molar-refractivity contribution is 5.91. The molecule has 0 N–H and O–H groups in total. The van der Waals surface area contributed by atoms with E-state index in [2.05, 4.69) is 36.2 Å². The van der Waals surface area contributed by atoms with Crippen molar-refractivity contribution < 1.29 is 9.53 Å². The van der Waals surface area contributed by atoms with Gasteiger partial charge in [0.1, 0.15) is 5.75 Å². The minimum atomic E-state index is 0.0867. The number of carbonyl (C=O) groups is 1.